The first kappa shape index (κ1) is 41.0. The Balaban J connectivity index is 0. The Morgan fingerprint density at radius 2 is 0.667 bits per heavy atom. The number of carboxylic acid groups (broad SMARTS) is 1. The lowest BCUT2D eigenvalue weighted by Gasteiger charge is -2.28. The second-order valence-electron chi connectivity index (χ2n) is 12.3. The maximum absolute atomic E-state index is 9.34. The number of rotatable bonds is 29. The molecule has 0 rings (SSSR count). The lowest BCUT2D eigenvalue weighted by Crippen LogP contribution is -2.32. The summed E-state index contributed by atoms with van der Waals surface area (Å²) in [5.41, 5.74) is 0. The molecule has 4 heteroatoms. The van der Waals surface area contributed by atoms with E-state index in [1.807, 2.05) is 0 Å². The van der Waals surface area contributed by atoms with Crippen LogP contribution in [-0.2, 0) is 4.79 Å². The highest BCUT2D eigenvalue weighted by molar-refractivity contribution is 7.75. The number of aliphatic hydroxyl groups excluding tert-OH is 1. The second kappa shape index (κ2) is 32.4. The average molecular weight is 573 g/mol. The lowest BCUT2D eigenvalue weighted by atomic mass is 10.1. The van der Waals surface area contributed by atoms with E-state index in [0.29, 0.717) is 0 Å². The fourth-order valence-electron chi connectivity index (χ4n) is 5.58. The van der Waals surface area contributed by atoms with Gasteiger partial charge in [0.25, 0.3) is 0 Å². The summed E-state index contributed by atoms with van der Waals surface area (Å²) < 4.78 is 0. The fourth-order valence-corrected chi connectivity index (χ4v) is 10.5. The van der Waals surface area contributed by atoms with E-state index >= 15 is 0 Å². The van der Waals surface area contributed by atoms with E-state index in [1.165, 1.54) is 128 Å². The minimum absolute atomic E-state index is 0.697. The summed E-state index contributed by atoms with van der Waals surface area (Å²) in [5.74, 6) is -1.44. The lowest BCUT2D eigenvalue weighted by molar-refractivity contribution is -0.314. The first-order valence-corrected chi connectivity index (χ1v) is 20.2. The van der Waals surface area contributed by atoms with Gasteiger partial charge in [0.05, 0.1) is 36.7 Å². The van der Waals surface area contributed by atoms with Crippen molar-refractivity contribution in [2.24, 2.45) is 0 Å². The van der Waals surface area contributed by atoms with Crippen molar-refractivity contribution in [1.82, 2.24) is 0 Å². The number of aliphatic carboxylic acids is 1. The third-order valence-corrected chi connectivity index (χ3v) is 13.3. The van der Waals surface area contributed by atoms with Crippen LogP contribution in [-0.4, -0.2) is 41.8 Å². The Labute approximate surface area is 247 Å². The first-order chi connectivity index (χ1) is 18.9. The number of carboxylic acids is 1. The van der Waals surface area contributed by atoms with Crippen molar-refractivity contribution in [3.05, 3.63) is 0 Å². The van der Waals surface area contributed by atoms with Gasteiger partial charge in [-0.05, 0) is 58.3 Å². The van der Waals surface area contributed by atoms with E-state index in [4.69, 9.17) is 5.11 Å². The van der Waals surface area contributed by atoms with E-state index in [1.54, 1.807) is 50.3 Å². The zero-order chi connectivity index (χ0) is 29.5. The van der Waals surface area contributed by atoms with Crippen molar-refractivity contribution in [2.75, 3.05) is 24.6 Å². The van der Waals surface area contributed by atoms with Crippen molar-refractivity contribution in [2.45, 2.75) is 195 Å². The van der Waals surface area contributed by atoms with Gasteiger partial charge in [-0.2, -0.15) is 0 Å². The quantitative estimate of drug-likeness (QED) is 0.0716. The highest BCUT2D eigenvalue weighted by Crippen LogP contribution is 2.61. The van der Waals surface area contributed by atoms with Gasteiger partial charge in [-0.3, -0.25) is 0 Å². The van der Waals surface area contributed by atoms with Crippen LogP contribution in [0.25, 0.3) is 0 Å². The molecule has 1 N–H and O–H groups in total. The van der Waals surface area contributed by atoms with Crippen molar-refractivity contribution in [1.29, 1.82) is 0 Å². The molecule has 0 fully saturated rings. The normalized spacial score (nSPS) is 12.3. The van der Waals surface area contributed by atoms with Crippen LogP contribution in [0.5, 0.6) is 0 Å². The molecule has 0 saturated heterocycles. The number of hydrogen-bond acceptors (Lipinski definition) is 3. The van der Waals surface area contributed by atoms with Crippen LogP contribution < -0.4 is 5.11 Å². The van der Waals surface area contributed by atoms with Gasteiger partial charge < -0.3 is 15.0 Å². The Bertz CT molecular complexity index is 449. The van der Waals surface area contributed by atoms with Gasteiger partial charge in [0.1, 0.15) is 0 Å². The Morgan fingerprint density at radius 1 is 0.487 bits per heavy atom. The topological polar surface area (TPSA) is 60.4 Å². The summed E-state index contributed by atoms with van der Waals surface area (Å²) in [6.07, 6.45) is 40.7. The number of carbonyl (C=O) groups is 1. The van der Waals surface area contributed by atoms with Gasteiger partial charge in [-0.1, -0.05) is 130 Å². The Hall–Kier alpha value is -0.140. The summed E-state index contributed by atoms with van der Waals surface area (Å²) in [6.45, 7) is 10.5. The SMILES string of the molecule is CC(O)C(=O)[O-].CCCCCCCCCCCCCC[P+](CCCCCC)(CCCCCC)CCCCCC. The molecule has 236 valence electrons. The third-order valence-electron chi connectivity index (χ3n) is 8.29. The monoisotopic (exact) mass is 573 g/mol. The Kier molecular flexibility index (Phi) is 34.0. The molecular weight excluding hydrogens is 499 g/mol. The highest BCUT2D eigenvalue weighted by Gasteiger charge is 2.34. The standard InChI is InChI=1S/C32H68P.C3H6O3/c1-5-9-13-17-18-19-20-21-22-23-24-28-32-33(29-25-14-10-6-2,30-26-15-11-7-3)31-27-16-12-8-4;1-2(4)3(5)6/h5-32H2,1-4H3;2,4H,1H3,(H,5,6)/q+1;/p-1. The Morgan fingerprint density at radius 3 is 0.872 bits per heavy atom. The molecule has 0 aromatic carbocycles. The number of carbonyl (C=O) groups excluding carboxylic acids is 1. The zero-order valence-electron chi connectivity index (χ0n) is 27.6. The summed E-state index contributed by atoms with van der Waals surface area (Å²) in [7, 11) is -0.697. The highest BCUT2D eigenvalue weighted by atomic mass is 31.2. The molecule has 1 atom stereocenters. The second-order valence-corrected chi connectivity index (χ2v) is 16.8. The maximum Gasteiger partial charge on any atom is 0.0905 e. The van der Waals surface area contributed by atoms with Crippen molar-refractivity contribution in [3.63, 3.8) is 0 Å². The van der Waals surface area contributed by atoms with Crippen LogP contribution >= 0.6 is 7.26 Å². The van der Waals surface area contributed by atoms with Crippen LogP contribution in [0.1, 0.15) is 189 Å². The number of aliphatic hydroxyl groups is 1. The molecule has 0 aliphatic rings. The predicted octanol–water partition coefficient (Wildman–Crippen LogP) is 10.6. The van der Waals surface area contributed by atoms with Crippen LogP contribution in [0.4, 0.5) is 0 Å². The fraction of sp³-hybridized carbons (Fsp3) is 0.971. The van der Waals surface area contributed by atoms with E-state index in [0.717, 1.165) is 6.92 Å². The molecule has 0 heterocycles. The van der Waals surface area contributed by atoms with Gasteiger partial charge in [0, 0.05) is 7.26 Å². The first-order valence-electron chi connectivity index (χ1n) is 17.6. The molecule has 0 aliphatic heterocycles. The van der Waals surface area contributed by atoms with Gasteiger partial charge >= 0.3 is 0 Å². The zero-order valence-corrected chi connectivity index (χ0v) is 28.5. The van der Waals surface area contributed by atoms with Crippen LogP contribution in [0.2, 0.25) is 0 Å². The maximum atomic E-state index is 9.34. The van der Waals surface area contributed by atoms with Crippen LogP contribution in [0.15, 0.2) is 0 Å². The van der Waals surface area contributed by atoms with E-state index in [-0.39, 0.29) is 0 Å². The van der Waals surface area contributed by atoms with Crippen molar-refractivity contribution >= 4 is 13.2 Å². The van der Waals surface area contributed by atoms with E-state index in [9.17, 15) is 9.90 Å². The average Bonchev–Trinajstić information content (AvgIpc) is 2.92. The van der Waals surface area contributed by atoms with Gasteiger partial charge in [0.2, 0.25) is 0 Å². The van der Waals surface area contributed by atoms with Gasteiger partial charge in [0.15, 0.2) is 0 Å². The third kappa shape index (κ3) is 30.6. The summed E-state index contributed by atoms with van der Waals surface area (Å²) in [4.78, 5) is 9.34. The van der Waals surface area contributed by atoms with Gasteiger partial charge in [-0.15, -0.1) is 0 Å². The molecule has 1 unspecified atom stereocenters. The smallest absolute Gasteiger partial charge is 0.0905 e. The van der Waals surface area contributed by atoms with E-state index < -0.39 is 19.3 Å². The molecule has 3 nitrogen and oxygen atoms in total. The van der Waals surface area contributed by atoms with Gasteiger partial charge in [-0.25, -0.2) is 0 Å². The molecule has 0 amide bonds. The predicted molar refractivity (Wildman–Crippen MR) is 177 cm³/mol. The molecule has 0 aromatic rings. The van der Waals surface area contributed by atoms with Crippen LogP contribution in [0.3, 0.4) is 0 Å². The summed E-state index contributed by atoms with van der Waals surface area (Å²) in [6, 6.07) is 0. The van der Waals surface area contributed by atoms with Crippen molar-refractivity contribution in [3.8, 4) is 0 Å². The molecule has 0 saturated carbocycles. The summed E-state index contributed by atoms with van der Waals surface area (Å²) >= 11 is 0. The molecule has 0 spiro atoms. The summed E-state index contributed by atoms with van der Waals surface area (Å²) in [5, 5.41) is 17.3. The molecule has 39 heavy (non-hydrogen) atoms. The minimum atomic E-state index is -1.44. The molecule has 0 radical (unpaired) electrons. The van der Waals surface area contributed by atoms with Crippen LogP contribution in [0, 0.1) is 0 Å². The molecule has 0 aliphatic carbocycles. The molecule has 0 bridgehead atoms. The molecule has 0 aromatic heterocycles. The van der Waals surface area contributed by atoms with Crippen molar-refractivity contribution < 1.29 is 15.0 Å². The number of unbranched alkanes of at least 4 members (excludes halogenated alkanes) is 20. The minimum Gasteiger partial charge on any atom is -0.547 e. The largest absolute Gasteiger partial charge is 0.547 e. The molecular formula is C35H73O3P. The number of hydrogen-bond donors (Lipinski definition) is 1. The van der Waals surface area contributed by atoms with E-state index in [2.05, 4.69) is 27.7 Å².